The van der Waals surface area contributed by atoms with Gasteiger partial charge in [0.15, 0.2) is 0 Å². The third kappa shape index (κ3) is 16.4. The maximum atomic E-state index is 11.8. The standard InChI is InChI=1S/C10H26N3O15P5/c14-9(30(18)19)13(29(17)10(15)16)5-4-11(6-31(20,21)22)2-1-3-12(7-32(23,24)25)8-33(26,27)28/h17-19H,1-8H2,(H,15,16)(H2,20,21,22)(H2,23,24,25)(H2,26,27,28). The van der Waals surface area contributed by atoms with Gasteiger partial charge < -0.3 is 49.1 Å². The molecule has 196 valence electrons. The van der Waals surface area contributed by atoms with E-state index in [0.717, 1.165) is 9.80 Å². The van der Waals surface area contributed by atoms with Crippen LogP contribution in [0.25, 0.3) is 0 Å². The summed E-state index contributed by atoms with van der Waals surface area (Å²) in [6.07, 6.45) is -3.05. The van der Waals surface area contributed by atoms with Crippen LogP contribution in [0.3, 0.4) is 0 Å². The Morgan fingerprint density at radius 3 is 1.42 bits per heavy atom. The number of carbonyl (C=O) groups excluding carboxylic acids is 1. The number of hydrogen-bond donors (Lipinski definition) is 10. The lowest BCUT2D eigenvalue weighted by molar-refractivity contribution is 0.208. The molecule has 23 heteroatoms. The van der Waals surface area contributed by atoms with E-state index in [1.807, 2.05) is 0 Å². The SMILES string of the molecule is O=C(N(CCN(CCCN(CP(=O)(O)O)CP(=O)(O)O)CP(=O)(O)O)P(O)C(=O)O)P(O)O. The van der Waals surface area contributed by atoms with E-state index in [1.165, 1.54) is 0 Å². The summed E-state index contributed by atoms with van der Waals surface area (Å²) in [4.78, 5) is 107. The fourth-order valence-electron chi connectivity index (χ4n) is 2.45. The van der Waals surface area contributed by atoms with Gasteiger partial charge >= 0.3 is 34.1 Å². The molecular formula is C10H26N3O15P5. The normalized spacial score (nSPS) is 14.2. The van der Waals surface area contributed by atoms with Crippen LogP contribution >= 0.6 is 39.5 Å². The average Bonchev–Trinajstić information content (AvgIpc) is 2.56. The second-order valence-corrected chi connectivity index (χ2v) is 13.8. The van der Waals surface area contributed by atoms with Crippen LogP contribution in [0.5, 0.6) is 0 Å². The van der Waals surface area contributed by atoms with Crippen molar-refractivity contribution in [1.82, 2.24) is 14.5 Å². The fourth-order valence-corrected chi connectivity index (χ4v) is 6.39. The molecule has 0 fully saturated rings. The highest BCUT2D eigenvalue weighted by atomic mass is 31.2. The molecule has 1 atom stereocenters. The molecule has 18 nitrogen and oxygen atoms in total. The molecule has 0 aromatic heterocycles. The minimum absolute atomic E-state index is 0.131. The zero-order valence-electron chi connectivity index (χ0n) is 16.7. The summed E-state index contributed by atoms with van der Waals surface area (Å²) in [6.45, 7) is -1.72. The van der Waals surface area contributed by atoms with Crippen LogP contribution in [-0.2, 0) is 13.7 Å². The maximum Gasteiger partial charge on any atom is 0.374 e. The summed E-state index contributed by atoms with van der Waals surface area (Å²) in [5, 5.41) is 8.88. The van der Waals surface area contributed by atoms with Gasteiger partial charge in [-0.15, -0.1) is 0 Å². The number of amides is 1. The van der Waals surface area contributed by atoms with Crippen LogP contribution in [-0.4, -0.2) is 120 Å². The first-order valence-electron chi connectivity index (χ1n) is 8.51. The molecule has 0 saturated carbocycles. The first-order chi connectivity index (χ1) is 14.7. The van der Waals surface area contributed by atoms with E-state index in [1.54, 1.807) is 0 Å². The second kappa shape index (κ2) is 14.0. The minimum Gasteiger partial charge on any atom is -0.475 e. The molecule has 0 aliphatic carbocycles. The Bertz CT molecular complexity index is 771. The molecule has 33 heavy (non-hydrogen) atoms. The Hall–Kier alpha value is 0.0500. The molecule has 0 aromatic carbocycles. The van der Waals surface area contributed by atoms with Gasteiger partial charge in [0.05, 0.1) is 0 Å². The monoisotopic (exact) mass is 583 g/mol. The highest BCUT2D eigenvalue weighted by molar-refractivity contribution is 7.71. The van der Waals surface area contributed by atoms with Crippen molar-refractivity contribution in [3.8, 4) is 0 Å². The lowest BCUT2D eigenvalue weighted by Gasteiger charge is -2.29. The smallest absolute Gasteiger partial charge is 0.374 e. The van der Waals surface area contributed by atoms with Crippen LogP contribution in [0.15, 0.2) is 0 Å². The van der Waals surface area contributed by atoms with Crippen LogP contribution in [0.4, 0.5) is 9.59 Å². The zero-order chi connectivity index (χ0) is 26.2. The lowest BCUT2D eigenvalue weighted by Crippen LogP contribution is -2.38. The van der Waals surface area contributed by atoms with Gasteiger partial charge in [0, 0.05) is 26.2 Å². The van der Waals surface area contributed by atoms with E-state index < -0.39 is 82.8 Å². The minimum atomic E-state index is -4.71. The third-order valence-corrected chi connectivity index (χ3v) is 7.75. The van der Waals surface area contributed by atoms with Crippen molar-refractivity contribution in [1.29, 1.82) is 0 Å². The molecule has 10 N–H and O–H groups in total. The van der Waals surface area contributed by atoms with Crippen molar-refractivity contribution >= 4 is 50.8 Å². The molecule has 0 rings (SSSR count). The van der Waals surface area contributed by atoms with Crippen LogP contribution in [0.1, 0.15) is 6.42 Å². The van der Waals surface area contributed by atoms with Gasteiger partial charge in [-0.2, -0.15) is 0 Å². The largest absolute Gasteiger partial charge is 0.475 e. The Morgan fingerprint density at radius 2 is 1.06 bits per heavy atom. The first kappa shape index (κ1) is 33.0. The summed E-state index contributed by atoms with van der Waals surface area (Å²) < 4.78 is 33.9. The predicted octanol–water partition coefficient (Wildman–Crippen LogP) is -0.913. The molecular weight excluding hydrogens is 557 g/mol. The highest BCUT2D eigenvalue weighted by Crippen LogP contribution is 2.43. The van der Waals surface area contributed by atoms with Crippen molar-refractivity contribution in [2.45, 2.75) is 6.42 Å². The molecule has 0 saturated heterocycles. The van der Waals surface area contributed by atoms with E-state index in [2.05, 4.69) is 0 Å². The Kier molecular flexibility index (Phi) is 14.0. The topological polar surface area (TPSA) is 297 Å². The summed E-state index contributed by atoms with van der Waals surface area (Å²) >= 11 is 0. The Labute approximate surface area is 189 Å². The van der Waals surface area contributed by atoms with Gasteiger partial charge in [-0.25, -0.2) is 4.79 Å². The molecule has 0 aliphatic rings. The number of nitrogens with zero attached hydrogens (tertiary/aromatic N) is 3. The summed E-state index contributed by atoms with van der Waals surface area (Å²) in [5.74, 6) is 0. The van der Waals surface area contributed by atoms with Gasteiger partial charge in [-0.1, -0.05) is 0 Å². The van der Waals surface area contributed by atoms with Crippen molar-refractivity contribution in [3.63, 3.8) is 0 Å². The molecule has 0 heterocycles. The molecule has 0 spiro atoms. The number of carboxylic acid groups (broad SMARTS) is 1. The Balaban J connectivity index is 5.33. The zero-order valence-corrected chi connectivity index (χ0v) is 21.2. The first-order valence-corrected chi connectivity index (χ1v) is 16.4. The summed E-state index contributed by atoms with van der Waals surface area (Å²) in [6, 6.07) is 0. The highest BCUT2D eigenvalue weighted by Gasteiger charge is 2.33. The predicted molar refractivity (Wildman–Crippen MR) is 114 cm³/mol. The molecule has 0 aromatic rings. The van der Waals surface area contributed by atoms with Crippen LogP contribution in [0.2, 0.25) is 0 Å². The number of carbonyl (C=O) groups is 2. The van der Waals surface area contributed by atoms with Gasteiger partial charge in [-0.3, -0.25) is 33.0 Å². The van der Waals surface area contributed by atoms with E-state index in [-0.39, 0.29) is 24.2 Å². The van der Waals surface area contributed by atoms with Crippen LogP contribution in [0, 0.1) is 0 Å². The fraction of sp³-hybridized carbons (Fsp3) is 0.800. The quantitative estimate of drug-likeness (QED) is 0.0983. The molecule has 1 unspecified atom stereocenters. The summed E-state index contributed by atoms with van der Waals surface area (Å²) in [7, 11) is -20.6. The van der Waals surface area contributed by atoms with Gasteiger partial charge in [0.2, 0.25) is 0 Å². The van der Waals surface area contributed by atoms with E-state index in [4.69, 9.17) is 34.5 Å². The molecule has 1 amide bonds. The van der Waals surface area contributed by atoms with Gasteiger partial charge in [0.25, 0.3) is 16.7 Å². The third-order valence-electron chi connectivity index (χ3n) is 3.52. The van der Waals surface area contributed by atoms with E-state index in [0.29, 0.717) is 0 Å². The number of rotatable bonds is 16. The maximum absolute atomic E-state index is 11.8. The van der Waals surface area contributed by atoms with Crippen molar-refractivity contribution in [2.24, 2.45) is 0 Å². The van der Waals surface area contributed by atoms with Crippen molar-refractivity contribution in [2.75, 3.05) is 45.0 Å². The van der Waals surface area contributed by atoms with Crippen molar-refractivity contribution < 1.29 is 72.4 Å². The van der Waals surface area contributed by atoms with Crippen molar-refractivity contribution in [3.05, 3.63) is 0 Å². The van der Waals surface area contributed by atoms with Gasteiger partial charge in [-0.05, 0) is 6.42 Å². The second-order valence-electron chi connectivity index (χ2n) is 6.55. The summed E-state index contributed by atoms with van der Waals surface area (Å²) in [5.41, 5.74) is -3.35. The molecule has 0 radical (unpaired) electrons. The number of hydrogen-bond acceptors (Lipinski definition) is 10. The van der Waals surface area contributed by atoms with E-state index >= 15 is 0 Å². The van der Waals surface area contributed by atoms with Crippen LogP contribution < -0.4 is 0 Å². The molecule has 0 aliphatic heterocycles. The Morgan fingerprint density at radius 1 is 0.667 bits per heavy atom. The molecule has 0 bridgehead atoms. The van der Waals surface area contributed by atoms with E-state index in [9.17, 15) is 38.0 Å². The van der Waals surface area contributed by atoms with Gasteiger partial charge in [0.1, 0.15) is 18.9 Å². The average molecular weight is 583 g/mol. The lowest BCUT2D eigenvalue weighted by atomic mass is 10.3.